The fourth-order valence-corrected chi connectivity index (χ4v) is 2.23. The predicted octanol–water partition coefficient (Wildman–Crippen LogP) is 2.87. The smallest absolute Gasteiger partial charge is 0.383 e. The Labute approximate surface area is 148 Å². The molecule has 0 aromatic carbocycles. The number of ether oxygens (including phenoxy) is 1. The third kappa shape index (κ3) is 7.58. The molecule has 0 spiro atoms. The molecule has 1 unspecified atom stereocenters. The van der Waals surface area contributed by atoms with Gasteiger partial charge >= 0.3 is 6.18 Å². The minimum atomic E-state index is -4.41. The van der Waals surface area contributed by atoms with Crippen LogP contribution in [0.5, 0.6) is 0 Å². The van der Waals surface area contributed by atoms with Crippen LogP contribution in [0.15, 0.2) is 10.4 Å². The number of halogens is 4. The van der Waals surface area contributed by atoms with Gasteiger partial charge < -0.3 is 15.4 Å². The van der Waals surface area contributed by atoms with Crippen molar-refractivity contribution in [1.29, 1.82) is 0 Å². The van der Waals surface area contributed by atoms with Gasteiger partial charge in [-0.3, -0.25) is 0 Å². The van der Waals surface area contributed by atoms with E-state index in [0.717, 1.165) is 16.7 Å². The second-order valence-electron chi connectivity index (χ2n) is 4.32. The molecule has 0 saturated heterocycles. The molecule has 0 radical (unpaired) electrons. The summed E-state index contributed by atoms with van der Waals surface area (Å²) >= 11 is 0.947. The monoisotopic (exact) mass is 452 g/mol. The second kappa shape index (κ2) is 10.2. The van der Waals surface area contributed by atoms with Crippen LogP contribution < -0.4 is 10.6 Å². The maximum absolute atomic E-state index is 12.4. The zero-order valence-corrected chi connectivity index (χ0v) is 15.7. The summed E-state index contributed by atoms with van der Waals surface area (Å²) in [4.78, 5) is 7.76. The number of hydrogen-bond donors (Lipinski definition) is 2. The predicted molar refractivity (Wildman–Crippen MR) is 91.8 cm³/mol. The maximum Gasteiger partial charge on any atom is 0.434 e. The van der Waals surface area contributed by atoms with Crippen LogP contribution in [0, 0.1) is 0 Å². The Bertz CT molecular complexity index is 467. The van der Waals surface area contributed by atoms with Crippen molar-refractivity contribution in [2.45, 2.75) is 32.6 Å². The van der Waals surface area contributed by atoms with Crippen molar-refractivity contribution in [2.24, 2.45) is 4.99 Å². The lowest BCUT2D eigenvalue weighted by molar-refractivity contribution is -0.140. The highest BCUT2D eigenvalue weighted by Gasteiger charge is 2.33. The zero-order chi connectivity index (χ0) is 15.9. The first-order valence-electron chi connectivity index (χ1n) is 6.42. The molecule has 0 amide bonds. The van der Waals surface area contributed by atoms with Crippen molar-refractivity contribution < 1.29 is 17.9 Å². The summed E-state index contributed by atoms with van der Waals surface area (Å²) < 4.78 is 42.3. The Hall–Kier alpha value is -0.620. The molecule has 22 heavy (non-hydrogen) atoms. The molecule has 0 saturated carbocycles. The number of aromatic nitrogens is 1. The lowest BCUT2D eigenvalue weighted by atomic mass is 10.4. The third-order valence-electron chi connectivity index (χ3n) is 2.36. The molecule has 0 bridgehead atoms. The van der Waals surface area contributed by atoms with Gasteiger partial charge in [-0.1, -0.05) is 0 Å². The normalized spacial score (nSPS) is 13.5. The topological polar surface area (TPSA) is 58.5 Å². The summed E-state index contributed by atoms with van der Waals surface area (Å²) in [5.74, 6) is 0.519. The van der Waals surface area contributed by atoms with Gasteiger partial charge in [-0.15, -0.1) is 35.3 Å². The molecular weight excluding hydrogens is 432 g/mol. The number of nitrogens with one attached hydrogen (secondary N) is 2. The Morgan fingerprint density at radius 3 is 2.68 bits per heavy atom. The van der Waals surface area contributed by atoms with E-state index in [9.17, 15) is 13.2 Å². The average molecular weight is 452 g/mol. The van der Waals surface area contributed by atoms with Gasteiger partial charge in [0.1, 0.15) is 5.01 Å². The van der Waals surface area contributed by atoms with E-state index in [-0.39, 0.29) is 36.6 Å². The van der Waals surface area contributed by atoms with Crippen LogP contribution in [0.2, 0.25) is 0 Å². The van der Waals surface area contributed by atoms with Crippen molar-refractivity contribution in [3.8, 4) is 0 Å². The quantitative estimate of drug-likeness (QED) is 0.396. The number of hydrogen-bond acceptors (Lipinski definition) is 4. The Morgan fingerprint density at radius 2 is 2.18 bits per heavy atom. The minimum Gasteiger partial charge on any atom is -0.383 e. The molecule has 5 nitrogen and oxygen atoms in total. The van der Waals surface area contributed by atoms with Crippen LogP contribution in [0.4, 0.5) is 13.2 Å². The Balaban J connectivity index is 0.00000441. The van der Waals surface area contributed by atoms with Crippen molar-refractivity contribution in [2.75, 3.05) is 20.3 Å². The van der Waals surface area contributed by atoms with Crippen LogP contribution in [0.1, 0.15) is 24.5 Å². The van der Waals surface area contributed by atoms with E-state index in [4.69, 9.17) is 4.74 Å². The number of alkyl halides is 3. The number of aliphatic imine (C=N–C) groups is 1. The second-order valence-corrected chi connectivity index (χ2v) is 5.26. The molecule has 128 valence electrons. The molecule has 2 N–H and O–H groups in total. The van der Waals surface area contributed by atoms with Crippen molar-refractivity contribution in [3.05, 3.63) is 16.1 Å². The molecule has 1 aromatic rings. The molecule has 10 heteroatoms. The highest BCUT2D eigenvalue weighted by molar-refractivity contribution is 14.0. The van der Waals surface area contributed by atoms with E-state index in [2.05, 4.69) is 20.6 Å². The highest BCUT2D eigenvalue weighted by atomic mass is 127. The Kier molecular flexibility index (Phi) is 9.92. The summed E-state index contributed by atoms with van der Waals surface area (Å²) in [7, 11) is 1.59. The summed E-state index contributed by atoms with van der Waals surface area (Å²) in [5.41, 5.74) is -0.872. The molecule has 0 fully saturated rings. The fourth-order valence-electron chi connectivity index (χ4n) is 1.51. The number of nitrogens with zero attached hydrogens (tertiary/aromatic N) is 2. The average Bonchev–Trinajstić information content (AvgIpc) is 2.85. The van der Waals surface area contributed by atoms with Gasteiger partial charge in [0.25, 0.3) is 0 Å². The number of methoxy groups -OCH3 is 1. The van der Waals surface area contributed by atoms with E-state index in [1.165, 1.54) is 0 Å². The zero-order valence-electron chi connectivity index (χ0n) is 12.5. The van der Waals surface area contributed by atoms with E-state index in [1.54, 1.807) is 7.11 Å². The fraction of sp³-hybridized carbons (Fsp3) is 0.667. The van der Waals surface area contributed by atoms with Crippen molar-refractivity contribution in [1.82, 2.24) is 15.6 Å². The van der Waals surface area contributed by atoms with Crippen molar-refractivity contribution in [3.63, 3.8) is 0 Å². The SMILES string of the molecule is CCNC(=NCc1nc(C(F)(F)F)cs1)NC(C)COC.I. The van der Waals surface area contributed by atoms with Gasteiger partial charge in [0.15, 0.2) is 11.7 Å². The number of rotatable bonds is 6. The number of guanidine groups is 1. The number of thiazole rings is 1. The molecule has 0 aliphatic heterocycles. The minimum absolute atomic E-state index is 0. The van der Waals surface area contributed by atoms with Gasteiger partial charge in [0.2, 0.25) is 0 Å². The molecule has 0 aliphatic rings. The highest BCUT2D eigenvalue weighted by Crippen LogP contribution is 2.30. The third-order valence-corrected chi connectivity index (χ3v) is 3.19. The van der Waals surface area contributed by atoms with Gasteiger partial charge in [-0.25, -0.2) is 9.98 Å². The molecule has 0 aliphatic carbocycles. The lowest BCUT2D eigenvalue weighted by Crippen LogP contribution is -2.43. The standard InChI is InChI=1S/C12H19F3N4OS.HI/c1-4-16-11(18-8(2)6-20-3)17-5-10-19-9(7-21-10)12(13,14)15;/h7-8H,4-6H2,1-3H3,(H2,16,17,18);1H. The summed E-state index contributed by atoms with van der Waals surface area (Å²) in [6, 6.07) is 0.0369. The summed E-state index contributed by atoms with van der Waals surface area (Å²) in [6.45, 7) is 5.07. The first-order chi connectivity index (χ1) is 9.86. The largest absolute Gasteiger partial charge is 0.434 e. The van der Waals surface area contributed by atoms with Crippen LogP contribution in [-0.2, 0) is 17.5 Å². The lowest BCUT2D eigenvalue weighted by Gasteiger charge is -2.16. The summed E-state index contributed by atoms with van der Waals surface area (Å²) in [6.07, 6.45) is -4.41. The van der Waals surface area contributed by atoms with Crippen LogP contribution in [0.3, 0.4) is 0 Å². The first-order valence-corrected chi connectivity index (χ1v) is 7.30. The van der Waals surface area contributed by atoms with Gasteiger partial charge in [0.05, 0.1) is 13.2 Å². The van der Waals surface area contributed by atoms with Crippen LogP contribution >= 0.6 is 35.3 Å². The van der Waals surface area contributed by atoms with E-state index >= 15 is 0 Å². The van der Waals surface area contributed by atoms with Crippen LogP contribution in [-0.4, -0.2) is 37.2 Å². The molecule has 1 heterocycles. The molecule has 1 atom stereocenters. The van der Waals surface area contributed by atoms with E-state index < -0.39 is 11.9 Å². The Morgan fingerprint density at radius 1 is 1.50 bits per heavy atom. The molecular formula is C12H20F3IN4OS. The maximum atomic E-state index is 12.4. The van der Waals surface area contributed by atoms with Gasteiger partial charge in [-0.2, -0.15) is 13.2 Å². The molecule has 1 rings (SSSR count). The van der Waals surface area contributed by atoms with Crippen molar-refractivity contribution >= 4 is 41.3 Å². The van der Waals surface area contributed by atoms with Gasteiger partial charge in [0, 0.05) is 25.1 Å². The molecule has 1 aromatic heterocycles. The summed E-state index contributed by atoms with van der Waals surface area (Å²) in [5, 5.41) is 7.43. The van der Waals surface area contributed by atoms with Crippen LogP contribution in [0.25, 0.3) is 0 Å². The first kappa shape index (κ1) is 21.4. The van der Waals surface area contributed by atoms with E-state index in [0.29, 0.717) is 24.1 Å². The van der Waals surface area contributed by atoms with Gasteiger partial charge in [-0.05, 0) is 13.8 Å². The van der Waals surface area contributed by atoms with E-state index in [1.807, 2.05) is 13.8 Å².